The van der Waals surface area contributed by atoms with Crippen LogP contribution in [0.4, 0.5) is 0 Å². The van der Waals surface area contributed by atoms with Gasteiger partial charge in [-0.15, -0.1) is 0 Å². The molecule has 1 saturated heterocycles. The van der Waals surface area contributed by atoms with E-state index in [1.807, 2.05) is 6.92 Å². The van der Waals surface area contributed by atoms with Gasteiger partial charge in [0, 0.05) is 18.3 Å². The topological polar surface area (TPSA) is 65.1 Å². The number of rotatable bonds is 2. The Labute approximate surface area is 125 Å². The van der Waals surface area contributed by atoms with E-state index >= 15 is 0 Å². The number of methoxy groups -OCH3 is 1. The molecule has 0 spiro atoms. The largest absolute Gasteiger partial charge is 0.459 e. The van der Waals surface area contributed by atoms with Crippen molar-refractivity contribution in [1.82, 2.24) is 0 Å². The van der Waals surface area contributed by atoms with Crippen LogP contribution in [0, 0.1) is 17.3 Å². The summed E-state index contributed by atoms with van der Waals surface area (Å²) in [6.45, 7) is 7.53. The molecule has 5 nitrogen and oxygen atoms in total. The molecule has 2 rings (SSSR count). The fourth-order valence-corrected chi connectivity index (χ4v) is 3.72. The maximum absolute atomic E-state index is 11.4. The molecule has 0 aromatic carbocycles. The molecule has 1 heterocycles. The monoisotopic (exact) mass is 294 g/mol. The molecule has 5 heteroatoms. The maximum Gasteiger partial charge on any atom is 0.384 e. The minimum absolute atomic E-state index is 0.190. The highest BCUT2D eigenvalue weighted by molar-refractivity contribution is 5.88. The molecule has 0 bridgehead atoms. The molecule has 2 aliphatic rings. The first-order chi connectivity index (χ1) is 9.68. The van der Waals surface area contributed by atoms with Crippen LogP contribution < -0.4 is 0 Å². The van der Waals surface area contributed by atoms with Crippen LogP contribution in [0.25, 0.3) is 0 Å². The zero-order valence-electron chi connectivity index (χ0n) is 13.2. The third kappa shape index (κ3) is 2.42. The Morgan fingerprint density at radius 2 is 1.90 bits per heavy atom. The number of hydrogen-bond donors (Lipinski definition) is 0. The lowest BCUT2D eigenvalue weighted by Crippen LogP contribution is -2.51. The second-order valence-electron chi connectivity index (χ2n) is 6.56. The van der Waals surface area contributed by atoms with Crippen molar-refractivity contribution < 1.29 is 23.8 Å². The Hall–Kier alpha value is -1.54. The molecule has 0 aromatic rings. The van der Waals surface area contributed by atoms with Gasteiger partial charge >= 0.3 is 11.9 Å². The van der Waals surface area contributed by atoms with E-state index in [0.29, 0.717) is 0 Å². The molecule has 0 N–H and O–H groups in total. The van der Waals surface area contributed by atoms with Gasteiger partial charge in [0.25, 0.3) is 0 Å². The van der Waals surface area contributed by atoms with Crippen LogP contribution in [0.5, 0.6) is 0 Å². The first kappa shape index (κ1) is 15.8. The molecule has 0 amide bonds. The van der Waals surface area contributed by atoms with Crippen LogP contribution in [0.3, 0.4) is 0 Å². The average Bonchev–Trinajstić information content (AvgIpc) is 3.02. The van der Waals surface area contributed by atoms with Crippen LogP contribution in [-0.4, -0.2) is 36.4 Å². The van der Waals surface area contributed by atoms with E-state index in [2.05, 4.69) is 30.4 Å². The summed E-state index contributed by atoms with van der Waals surface area (Å²) >= 11 is 0. The van der Waals surface area contributed by atoms with Gasteiger partial charge in [0.05, 0.1) is 7.11 Å². The third-order valence-corrected chi connectivity index (χ3v) is 4.74. The molecule has 21 heavy (non-hydrogen) atoms. The van der Waals surface area contributed by atoms with E-state index in [-0.39, 0.29) is 11.0 Å². The van der Waals surface area contributed by atoms with E-state index in [4.69, 9.17) is 9.47 Å². The standard InChI is InChI=1S/C16H22O5/c1-11(17)20-12(7-8-13(18)19-5)16-14(2,3)9-6-10-15(16,4)21-16/h12H,6,9-10H2,1-5H3/t12-,15-,16+/m1/s1. The van der Waals surface area contributed by atoms with E-state index in [9.17, 15) is 9.59 Å². The van der Waals surface area contributed by atoms with Gasteiger partial charge in [-0.25, -0.2) is 4.79 Å². The number of hydrogen-bond acceptors (Lipinski definition) is 5. The Morgan fingerprint density at radius 3 is 2.43 bits per heavy atom. The lowest BCUT2D eigenvalue weighted by Gasteiger charge is -2.40. The molecule has 1 saturated carbocycles. The third-order valence-electron chi connectivity index (χ3n) is 4.74. The molecule has 116 valence electrons. The first-order valence-corrected chi connectivity index (χ1v) is 7.15. The Balaban J connectivity index is 2.37. The SMILES string of the molecule is COC(=O)C#C[C@@H](OC(C)=O)[C@@]12O[C@]1(C)CCCC2(C)C. The molecule has 1 aliphatic carbocycles. The van der Waals surface area contributed by atoms with Gasteiger partial charge in [-0.3, -0.25) is 4.79 Å². The van der Waals surface area contributed by atoms with Crippen molar-refractivity contribution in [2.75, 3.05) is 7.11 Å². The first-order valence-electron chi connectivity index (χ1n) is 7.15. The Kier molecular flexibility index (Phi) is 3.79. The fourth-order valence-electron chi connectivity index (χ4n) is 3.72. The second kappa shape index (κ2) is 5.03. The van der Waals surface area contributed by atoms with Gasteiger partial charge in [0.2, 0.25) is 0 Å². The smallest absolute Gasteiger partial charge is 0.384 e. The number of fused-ring (bicyclic) bond motifs is 1. The van der Waals surface area contributed by atoms with Crippen molar-refractivity contribution in [3.8, 4) is 11.8 Å². The lowest BCUT2D eigenvalue weighted by atomic mass is 9.62. The molecule has 0 radical (unpaired) electrons. The highest BCUT2D eigenvalue weighted by Gasteiger charge is 2.78. The molecule has 0 aromatic heterocycles. The van der Waals surface area contributed by atoms with E-state index in [0.717, 1.165) is 19.3 Å². The predicted molar refractivity (Wildman–Crippen MR) is 75.2 cm³/mol. The van der Waals surface area contributed by atoms with Crippen molar-refractivity contribution in [1.29, 1.82) is 0 Å². The van der Waals surface area contributed by atoms with E-state index in [1.165, 1.54) is 14.0 Å². The minimum atomic E-state index is -0.769. The quantitative estimate of drug-likeness (QED) is 0.336. The van der Waals surface area contributed by atoms with Gasteiger partial charge in [0.15, 0.2) is 11.7 Å². The number of carbonyl (C=O) groups excluding carboxylic acids is 2. The second-order valence-corrected chi connectivity index (χ2v) is 6.56. The van der Waals surface area contributed by atoms with Crippen molar-refractivity contribution in [2.45, 2.75) is 64.3 Å². The number of esters is 2. The molecule has 3 atom stereocenters. The van der Waals surface area contributed by atoms with Crippen LogP contribution >= 0.6 is 0 Å². The highest BCUT2D eigenvalue weighted by Crippen LogP contribution is 2.67. The van der Waals surface area contributed by atoms with Crippen LogP contribution in [0.2, 0.25) is 0 Å². The summed E-state index contributed by atoms with van der Waals surface area (Å²) in [5.74, 6) is 4.03. The summed E-state index contributed by atoms with van der Waals surface area (Å²) in [5.41, 5.74) is -1.21. The van der Waals surface area contributed by atoms with Gasteiger partial charge in [0.1, 0.15) is 5.60 Å². The minimum Gasteiger partial charge on any atom is -0.459 e. The van der Waals surface area contributed by atoms with Gasteiger partial charge < -0.3 is 14.2 Å². The summed E-state index contributed by atoms with van der Waals surface area (Å²) in [7, 11) is 1.26. The average molecular weight is 294 g/mol. The lowest BCUT2D eigenvalue weighted by molar-refractivity contribution is -0.149. The Bertz CT molecular complexity index is 527. The molecule has 1 aliphatic heterocycles. The number of ether oxygens (including phenoxy) is 3. The molecular formula is C16H22O5. The van der Waals surface area contributed by atoms with E-state index in [1.54, 1.807) is 0 Å². The summed E-state index contributed by atoms with van der Waals surface area (Å²) in [6.07, 6.45) is 2.14. The van der Waals surface area contributed by atoms with Crippen LogP contribution in [0.1, 0.15) is 47.0 Å². The number of carbonyl (C=O) groups is 2. The molecular weight excluding hydrogens is 272 g/mol. The van der Waals surface area contributed by atoms with Crippen LogP contribution in [0.15, 0.2) is 0 Å². The van der Waals surface area contributed by atoms with Crippen molar-refractivity contribution in [3.63, 3.8) is 0 Å². The number of epoxide rings is 1. The van der Waals surface area contributed by atoms with Crippen molar-refractivity contribution >= 4 is 11.9 Å². The van der Waals surface area contributed by atoms with E-state index < -0.39 is 23.6 Å². The van der Waals surface area contributed by atoms with Crippen molar-refractivity contribution in [3.05, 3.63) is 0 Å². The summed E-state index contributed by atoms with van der Waals surface area (Å²) in [5, 5.41) is 0. The van der Waals surface area contributed by atoms with Gasteiger partial charge in [-0.05, 0) is 32.1 Å². The highest BCUT2D eigenvalue weighted by atomic mass is 16.7. The zero-order chi connectivity index (χ0) is 15.9. The summed E-state index contributed by atoms with van der Waals surface area (Å²) in [6, 6.07) is 0. The normalized spacial score (nSPS) is 33.8. The summed E-state index contributed by atoms with van der Waals surface area (Å²) in [4.78, 5) is 22.7. The maximum atomic E-state index is 11.4. The van der Waals surface area contributed by atoms with Gasteiger partial charge in [-0.2, -0.15) is 0 Å². The summed E-state index contributed by atoms with van der Waals surface area (Å²) < 4.78 is 16.0. The Morgan fingerprint density at radius 1 is 1.24 bits per heavy atom. The predicted octanol–water partition coefficient (Wildman–Crippen LogP) is 1.83. The fraction of sp³-hybridized carbons (Fsp3) is 0.750. The molecule has 2 fully saturated rings. The van der Waals surface area contributed by atoms with Crippen LogP contribution in [-0.2, 0) is 23.8 Å². The molecule has 0 unspecified atom stereocenters. The zero-order valence-corrected chi connectivity index (χ0v) is 13.2. The van der Waals surface area contributed by atoms with Crippen molar-refractivity contribution in [2.24, 2.45) is 5.41 Å². The van der Waals surface area contributed by atoms with Gasteiger partial charge in [-0.1, -0.05) is 13.8 Å².